The molecule has 2 heterocycles. The summed E-state index contributed by atoms with van der Waals surface area (Å²) in [6.07, 6.45) is 0. The van der Waals surface area contributed by atoms with Crippen molar-refractivity contribution in [1.82, 2.24) is 0 Å². The smallest absolute Gasteiger partial charge is 0.402 e. The lowest BCUT2D eigenvalue weighted by molar-refractivity contribution is 0.00578. The number of hydrogen-bond acceptors (Lipinski definition) is 5. The lowest BCUT2D eigenvalue weighted by Crippen LogP contribution is -2.55. The van der Waals surface area contributed by atoms with Gasteiger partial charge in [-0.3, -0.25) is 0 Å². The Labute approximate surface area is 171 Å². The van der Waals surface area contributed by atoms with Gasteiger partial charge in [0.15, 0.2) is 0 Å². The fourth-order valence-electron chi connectivity index (χ4n) is 4.06. The maximum Gasteiger partial charge on any atom is 0.476 e. The third kappa shape index (κ3) is 2.74. The van der Waals surface area contributed by atoms with Crippen LogP contribution in [0.1, 0.15) is 38.8 Å². The first-order chi connectivity index (χ1) is 13.2. The molecule has 146 valence electrons. The minimum Gasteiger partial charge on any atom is -0.402 e. The highest BCUT2D eigenvalue weighted by atomic mass is 32.2. The topological polar surface area (TPSA) is 70.5 Å². The molecule has 0 saturated carbocycles. The molecule has 0 aromatic heterocycles. The summed E-state index contributed by atoms with van der Waals surface area (Å²) in [5.74, 6) is 0. The minimum atomic E-state index is -0.720. The largest absolute Gasteiger partial charge is 0.476 e. The molecule has 2 aromatic rings. The van der Waals surface area contributed by atoms with E-state index in [2.05, 4.69) is 52.0 Å². The molecule has 0 bridgehead atoms. The second kappa shape index (κ2) is 6.66. The monoisotopic (exact) mass is 394 g/mol. The number of nitrogens with two attached hydrogens (primary N) is 2. The molecule has 4 rings (SSSR count). The second-order valence-corrected chi connectivity index (χ2v) is 9.65. The summed E-state index contributed by atoms with van der Waals surface area (Å²) in [5, 5.41) is -0.334. The summed E-state index contributed by atoms with van der Waals surface area (Å²) in [6.45, 7) is 8.26. The van der Waals surface area contributed by atoms with Gasteiger partial charge in [0.25, 0.3) is 0 Å². The first-order valence-electron chi connectivity index (χ1n) is 9.59. The van der Waals surface area contributed by atoms with Gasteiger partial charge >= 0.3 is 7.12 Å². The molecule has 4 N–H and O–H groups in total. The van der Waals surface area contributed by atoms with Crippen LogP contribution in [0, 0.1) is 0 Å². The van der Waals surface area contributed by atoms with Gasteiger partial charge in [0, 0.05) is 5.57 Å². The molecule has 28 heavy (non-hydrogen) atoms. The lowest BCUT2D eigenvalue weighted by Gasteiger charge is -2.38. The third-order valence-corrected chi connectivity index (χ3v) is 7.39. The van der Waals surface area contributed by atoms with Gasteiger partial charge in [0.1, 0.15) is 0 Å². The Morgan fingerprint density at radius 2 is 1.36 bits per heavy atom. The standard InChI is InChI=1S/C22H27BN2O2S/c1-20(2)21(3,4)27-23(26-20)22(16-13-9-6-10-14-16)17(18(24)28-19(22)25)15-11-7-5-8-12-15/h5-14,19H,24-25H2,1-4H3. The molecular formula is C22H27BN2O2S. The Morgan fingerprint density at radius 3 is 1.89 bits per heavy atom. The SMILES string of the molecule is CC1(C)OB(C2(c3ccccc3)C(c3ccccc3)=C(N)SC2N)OC1(C)C. The van der Waals surface area contributed by atoms with E-state index in [1.807, 2.05) is 36.4 Å². The summed E-state index contributed by atoms with van der Waals surface area (Å²) in [6, 6.07) is 20.4. The van der Waals surface area contributed by atoms with Crippen molar-refractivity contribution in [3.63, 3.8) is 0 Å². The highest BCUT2D eigenvalue weighted by Crippen LogP contribution is 2.57. The molecule has 1 fully saturated rings. The van der Waals surface area contributed by atoms with Crippen molar-refractivity contribution in [1.29, 1.82) is 0 Å². The van der Waals surface area contributed by atoms with Crippen molar-refractivity contribution in [3.05, 3.63) is 76.8 Å². The fourth-order valence-corrected chi connectivity index (χ4v) is 5.29. The van der Waals surface area contributed by atoms with Crippen molar-refractivity contribution >= 4 is 24.5 Å². The number of benzene rings is 2. The molecule has 2 atom stereocenters. The van der Waals surface area contributed by atoms with E-state index in [0.29, 0.717) is 0 Å². The van der Waals surface area contributed by atoms with Crippen molar-refractivity contribution in [2.75, 3.05) is 0 Å². The van der Waals surface area contributed by atoms with Crippen LogP contribution in [0.25, 0.3) is 5.57 Å². The maximum atomic E-state index is 6.80. The van der Waals surface area contributed by atoms with Gasteiger partial charge in [-0.05, 0) is 38.8 Å². The van der Waals surface area contributed by atoms with Gasteiger partial charge in [-0.25, -0.2) is 0 Å². The average molecular weight is 394 g/mol. The zero-order valence-electron chi connectivity index (χ0n) is 16.8. The minimum absolute atomic E-state index is 0.334. The molecule has 1 saturated heterocycles. The Bertz CT molecular complexity index is 885. The van der Waals surface area contributed by atoms with E-state index >= 15 is 0 Å². The molecular weight excluding hydrogens is 367 g/mol. The highest BCUT2D eigenvalue weighted by Gasteiger charge is 2.66. The van der Waals surface area contributed by atoms with E-state index in [1.165, 1.54) is 11.8 Å². The van der Waals surface area contributed by atoms with Crippen LogP contribution in [-0.4, -0.2) is 23.7 Å². The summed E-state index contributed by atoms with van der Waals surface area (Å²) >= 11 is 1.49. The summed E-state index contributed by atoms with van der Waals surface area (Å²) in [5.41, 5.74) is 15.5. The van der Waals surface area contributed by atoms with Crippen molar-refractivity contribution in [2.24, 2.45) is 11.5 Å². The van der Waals surface area contributed by atoms with E-state index < -0.39 is 23.6 Å². The Hall–Kier alpha value is -1.73. The van der Waals surface area contributed by atoms with E-state index in [0.717, 1.165) is 21.7 Å². The summed E-state index contributed by atoms with van der Waals surface area (Å²) in [4.78, 5) is 0. The maximum absolute atomic E-state index is 6.80. The van der Waals surface area contributed by atoms with Crippen LogP contribution in [0.5, 0.6) is 0 Å². The normalized spacial score (nSPS) is 28.8. The molecule has 0 aliphatic carbocycles. The predicted molar refractivity (Wildman–Crippen MR) is 117 cm³/mol. The molecule has 2 aromatic carbocycles. The quantitative estimate of drug-likeness (QED) is 0.773. The molecule has 2 unspecified atom stereocenters. The zero-order valence-corrected chi connectivity index (χ0v) is 17.6. The van der Waals surface area contributed by atoms with Gasteiger partial charge in [-0.15, -0.1) is 0 Å². The number of thioether (sulfide) groups is 1. The van der Waals surface area contributed by atoms with E-state index in [1.54, 1.807) is 0 Å². The van der Waals surface area contributed by atoms with Crippen LogP contribution in [-0.2, 0) is 14.6 Å². The van der Waals surface area contributed by atoms with Crippen LogP contribution in [0.15, 0.2) is 65.7 Å². The van der Waals surface area contributed by atoms with E-state index in [4.69, 9.17) is 20.8 Å². The zero-order chi connectivity index (χ0) is 20.2. The van der Waals surface area contributed by atoms with Gasteiger partial charge in [-0.2, -0.15) is 0 Å². The Morgan fingerprint density at radius 1 is 0.857 bits per heavy atom. The molecule has 0 spiro atoms. The average Bonchev–Trinajstić information content (AvgIpc) is 3.05. The Kier molecular flexibility index (Phi) is 4.66. The molecule has 4 nitrogen and oxygen atoms in total. The van der Waals surface area contributed by atoms with Crippen molar-refractivity contribution in [3.8, 4) is 0 Å². The van der Waals surface area contributed by atoms with Crippen LogP contribution >= 0.6 is 11.8 Å². The van der Waals surface area contributed by atoms with Crippen molar-refractivity contribution < 1.29 is 9.31 Å². The first kappa shape index (κ1) is 19.6. The van der Waals surface area contributed by atoms with E-state index in [9.17, 15) is 0 Å². The predicted octanol–water partition coefficient (Wildman–Crippen LogP) is 3.91. The van der Waals surface area contributed by atoms with Gasteiger partial charge in [0.05, 0.1) is 26.9 Å². The molecule has 2 aliphatic rings. The van der Waals surface area contributed by atoms with Gasteiger partial charge < -0.3 is 20.8 Å². The Balaban J connectivity index is 1.97. The highest BCUT2D eigenvalue weighted by molar-refractivity contribution is 8.04. The van der Waals surface area contributed by atoms with Crippen molar-refractivity contribution in [2.45, 2.75) is 49.6 Å². The van der Waals surface area contributed by atoms with Crippen LogP contribution < -0.4 is 11.5 Å². The molecule has 2 aliphatic heterocycles. The number of rotatable bonds is 3. The van der Waals surface area contributed by atoms with E-state index in [-0.39, 0.29) is 5.37 Å². The second-order valence-electron chi connectivity index (χ2n) is 8.47. The van der Waals surface area contributed by atoms with Crippen LogP contribution in [0.3, 0.4) is 0 Å². The fraction of sp³-hybridized carbons (Fsp3) is 0.364. The molecule has 0 amide bonds. The molecule has 0 radical (unpaired) electrons. The third-order valence-electron chi connectivity index (χ3n) is 6.30. The summed E-state index contributed by atoms with van der Waals surface area (Å²) in [7, 11) is -0.557. The van der Waals surface area contributed by atoms with Crippen LogP contribution in [0.2, 0.25) is 0 Å². The van der Waals surface area contributed by atoms with Crippen LogP contribution in [0.4, 0.5) is 0 Å². The van der Waals surface area contributed by atoms with Gasteiger partial charge in [-0.1, -0.05) is 72.4 Å². The summed E-state index contributed by atoms with van der Waals surface area (Å²) < 4.78 is 13.1. The lowest BCUT2D eigenvalue weighted by atomic mass is 9.49. The molecule has 6 heteroatoms. The first-order valence-corrected chi connectivity index (χ1v) is 10.5. The number of hydrogen-bond donors (Lipinski definition) is 2. The van der Waals surface area contributed by atoms with Gasteiger partial charge in [0.2, 0.25) is 0 Å².